The van der Waals surface area contributed by atoms with E-state index in [0.29, 0.717) is 41.1 Å². The van der Waals surface area contributed by atoms with Gasteiger partial charge in [0, 0.05) is 19.2 Å². The minimum absolute atomic E-state index is 0.0495. The molecule has 2 aromatic heterocycles. The summed E-state index contributed by atoms with van der Waals surface area (Å²) >= 11 is 18.1. The second-order valence-electron chi connectivity index (χ2n) is 6.45. The molecule has 12 heteroatoms. The van der Waals surface area contributed by atoms with Crippen LogP contribution < -0.4 is 10.1 Å². The van der Waals surface area contributed by atoms with Crippen LogP contribution in [0.3, 0.4) is 0 Å². The monoisotopic (exact) mass is 486 g/mol. The molecule has 9 nitrogen and oxygen atoms in total. The van der Waals surface area contributed by atoms with E-state index < -0.39 is 4.92 Å². The second kappa shape index (κ2) is 10.0. The molecule has 0 aliphatic rings. The average Bonchev–Trinajstić information content (AvgIpc) is 3.31. The third kappa shape index (κ3) is 5.69. The standard InChI is InChI=1S/C19H17Cl3N4O5/c1-11-17(21)18(22)25(24-11)8-2-7-23-19(27)15-6-4-13(31-15)10-30-16-9-12(26(28)29)3-5-14(16)20/h3-6,9H,2,7-8,10H2,1H3,(H,23,27). The maximum atomic E-state index is 12.2. The lowest BCUT2D eigenvalue weighted by Crippen LogP contribution is -2.25. The molecule has 164 valence electrons. The zero-order valence-corrected chi connectivity index (χ0v) is 18.5. The molecule has 0 fully saturated rings. The van der Waals surface area contributed by atoms with Crippen molar-refractivity contribution >= 4 is 46.4 Å². The van der Waals surface area contributed by atoms with Gasteiger partial charge < -0.3 is 14.5 Å². The van der Waals surface area contributed by atoms with Crippen molar-refractivity contribution in [1.82, 2.24) is 15.1 Å². The van der Waals surface area contributed by atoms with Crippen molar-refractivity contribution in [3.63, 3.8) is 0 Å². The molecule has 0 bridgehead atoms. The number of nitro groups is 1. The van der Waals surface area contributed by atoms with Gasteiger partial charge in [-0.25, -0.2) is 0 Å². The van der Waals surface area contributed by atoms with Crippen molar-refractivity contribution in [2.24, 2.45) is 0 Å². The lowest BCUT2D eigenvalue weighted by atomic mass is 10.3. The zero-order chi connectivity index (χ0) is 22.5. The number of ether oxygens (including phenoxy) is 1. The fraction of sp³-hybridized carbons (Fsp3) is 0.263. The van der Waals surface area contributed by atoms with E-state index in [-0.39, 0.29) is 34.7 Å². The molecule has 0 spiro atoms. The Morgan fingerprint density at radius 2 is 2.06 bits per heavy atom. The van der Waals surface area contributed by atoms with Gasteiger partial charge in [0.2, 0.25) is 0 Å². The van der Waals surface area contributed by atoms with Crippen LogP contribution in [0, 0.1) is 17.0 Å². The highest BCUT2D eigenvalue weighted by atomic mass is 35.5. The molecule has 0 radical (unpaired) electrons. The van der Waals surface area contributed by atoms with Crippen LogP contribution >= 0.6 is 34.8 Å². The Bertz CT molecular complexity index is 1110. The largest absolute Gasteiger partial charge is 0.484 e. The highest BCUT2D eigenvalue weighted by Gasteiger charge is 2.15. The molecule has 1 aromatic carbocycles. The number of carbonyl (C=O) groups is 1. The quantitative estimate of drug-likeness (QED) is 0.257. The lowest BCUT2D eigenvalue weighted by Gasteiger charge is -2.06. The number of nitro benzene ring substituents is 1. The molecule has 2 heterocycles. The van der Waals surface area contributed by atoms with Crippen LogP contribution in [0.1, 0.15) is 28.4 Å². The number of aromatic nitrogens is 2. The zero-order valence-electron chi connectivity index (χ0n) is 16.2. The van der Waals surface area contributed by atoms with Crippen LogP contribution in [0.5, 0.6) is 5.75 Å². The summed E-state index contributed by atoms with van der Waals surface area (Å²) in [5.41, 5.74) is 0.500. The molecule has 0 saturated carbocycles. The Morgan fingerprint density at radius 1 is 1.29 bits per heavy atom. The van der Waals surface area contributed by atoms with E-state index in [1.54, 1.807) is 17.7 Å². The SMILES string of the molecule is Cc1nn(CCCNC(=O)c2ccc(COc3cc([N+](=O)[O-])ccc3Cl)o2)c(Cl)c1Cl. The number of hydrogen-bond acceptors (Lipinski definition) is 6. The van der Waals surface area contributed by atoms with Crippen LogP contribution in [-0.2, 0) is 13.2 Å². The molecule has 0 aliphatic heterocycles. The van der Waals surface area contributed by atoms with Crippen LogP contribution in [0.15, 0.2) is 34.7 Å². The van der Waals surface area contributed by atoms with Gasteiger partial charge in [-0.15, -0.1) is 0 Å². The van der Waals surface area contributed by atoms with Gasteiger partial charge in [0.15, 0.2) is 5.76 Å². The highest BCUT2D eigenvalue weighted by molar-refractivity contribution is 6.41. The smallest absolute Gasteiger partial charge is 0.286 e. The average molecular weight is 488 g/mol. The summed E-state index contributed by atoms with van der Waals surface area (Å²) in [5.74, 6) is 0.229. The highest BCUT2D eigenvalue weighted by Crippen LogP contribution is 2.29. The van der Waals surface area contributed by atoms with Crippen molar-refractivity contribution in [3.05, 3.63) is 72.9 Å². The summed E-state index contributed by atoms with van der Waals surface area (Å²) in [5, 5.41) is 18.8. The van der Waals surface area contributed by atoms with Crippen LogP contribution in [0.4, 0.5) is 5.69 Å². The number of non-ortho nitro benzene ring substituents is 1. The summed E-state index contributed by atoms with van der Waals surface area (Å²) in [6, 6.07) is 6.97. The maximum Gasteiger partial charge on any atom is 0.286 e. The molecular weight excluding hydrogens is 471 g/mol. The fourth-order valence-corrected chi connectivity index (χ4v) is 3.21. The summed E-state index contributed by atoms with van der Waals surface area (Å²) in [7, 11) is 0. The van der Waals surface area contributed by atoms with E-state index in [2.05, 4.69) is 10.4 Å². The Balaban J connectivity index is 1.49. The lowest BCUT2D eigenvalue weighted by molar-refractivity contribution is -0.384. The van der Waals surface area contributed by atoms with Crippen molar-refractivity contribution in [1.29, 1.82) is 0 Å². The van der Waals surface area contributed by atoms with Gasteiger partial charge in [-0.05, 0) is 31.5 Å². The van der Waals surface area contributed by atoms with Crippen molar-refractivity contribution in [3.8, 4) is 5.75 Å². The topological polar surface area (TPSA) is 112 Å². The van der Waals surface area contributed by atoms with Crippen molar-refractivity contribution in [2.75, 3.05) is 6.54 Å². The number of halogens is 3. The van der Waals surface area contributed by atoms with Gasteiger partial charge >= 0.3 is 0 Å². The number of hydrogen-bond donors (Lipinski definition) is 1. The third-order valence-corrected chi connectivity index (χ3v) is 5.45. The summed E-state index contributed by atoms with van der Waals surface area (Å²) in [6.07, 6.45) is 0.588. The second-order valence-corrected chi connectivity index (χ2v) is 7.59. The fourth-order valence-electron chi connectivity index (χ4n) is 2.64. The van der Waals surface area contributed by atoms with E-state index in [1.165, 1.54) is 24.3 Å². The predicted octanol–water partition coefficient (Wildman–Crippen LogP) is 5.05. The summed E-state index contributed by atoms with van der Waals surface area (Å²) < 4.78 is 12.5. The summed E-state index contributed by atoms with van der Waals surface area (Å²) in [4.78, 5) is 22.5. The Hall–Kier alpha value is -2.75. The number of benzene rings is 1. The number of aryl methyl sites for hydroxylation is 2. The Morgan fingerprint density at radius 3 is 2.74 bits per heavy atom. The third-order valence-electron chi connectivity index (χ3n) is 4.21. The van der Waals surface area contributed by atoms with Gasteiger partial charge in [0.1, 0.15) is 28.3 Å². The van der Waals surface area contributed by atoms with E-state index in [0.717, 1.165) is 0 Å². The first-order valence-electron chi connectivity index (χ1n) is 9.08. The molecule has 1 N–H and O–H groups in total. The Kier molecular flexibility index (Phi) is 7.42. The van der Waals surface area contributed by atoms with Gasteiger partial charge in [-0.1, -0.05) is 34.8 Å². The van der Waals surface area contributed by atoms with Gasteiger partial charge in [-0.2, -0.15) is 5.10 Å². The number of nitrogens with one attached hydrogen (secondary N) is 1. The van der Waals surface area contributed by atoms with Crippen molar-refractivity contribution in [2.45, 2.75) is 26.5 Å². The number of amides is 1. The number of furan rings is 1. The van der Waals surface area contributed by atoms with Crippen LogP contribution in [0.25, 0.3) is 0 Å². The molecule has 3 rings (SSSR count). The molecule has 0 aliphatic carbocycles. The van der Waals surface area contributed by atoms with Gasteiger partial charge in [-0.3, -0.25) is 19.6 Å². The van der Waals surface area contributed by atoms with E-state index in [4.69, 9.17) is 44.0 Å². The molecule has 31 heavy (non-hydrogen) atoms. The first-order valence-corrected chi connectivity index (χ1v) is 10.2. The predicted molar refractivity (Wildman–Crippen MR) is 115 cm³/mol. The molecule has 0 unspecified atom stereocenters. The minimum atomic E-state index is -0.547. The van der Waals surface area contributed by atoms with Crippen LogP contribution in [-0.4, -0.2) is 27.2 Å². The van der Waals surface area contributed by atoms with E-state index >= 15 is 0 Å². The number of nitrogens with zero attached hydrogens (tertiary/aromatic N) is 3. The van der Waals surface area contributed by atoms with Crippen molar-refractivity contribution < 1.29 is 18.9 Å². The normalized spacial score (nSPS) is 10.8. The first kappa shape index (κ1) is 22.9. The van der Waals surface area contributed by atoms with Crippen LogP contribution in [0.2, 0.25) is 15.2 Å². The van der Waals surface area contributed by atoms with Gasteiger partial charge in [0.25, 0.3) is 11.6 Å². The molecular formula is C19H17Cl3N4O5. The van der Waals surface area contributed by atoms with E-state index in [1.807, 2.05) is 0 Å². The molecule has 0 atom stereocenters. The number of carbonyl (C=O) groups excluding carboxylic acids is 1. The Labute approximate surface area is 192 Å². The maximum absolute atomic E-state index is 12.2. The van der Waals surface area contributed by atoms with Gasteiger partial charge in [0.05, 0.1) is 21.7 Å². The minimum Gasteiger partial charge on any atom is -0.484 e. The summed E-state index contributed by atoms with van der Waals surface area (Å²) in [6.45, 7) is 2.58. The molecule has 0 saturated heterocycles. The number of rotatable bonds is 9. The first-order chi connectivity index (χ1) is 14.8. The molecule has 3 aromatic rings. The van der Waals surface area contributed by atoms with E-state index in [9.17, 15) is 14.9 Å². The molecule has 1 amide bonds.